The van der Waals surface area contributed by atoms with Crippen LogP contribution in [-0.2, 0) is 20.9 Å². The number of anilines is 1. The molecule has 0 saturated carbocycles. The van der Waals surface area contributed by atoms with E-state index in [4.69, 9.17) is 10.5 Å². The minimum absolute atomic E-state index is 0.0122. The number of benzene rings is 1. The molecule has 2 amide bonds. The third-order valence-corrected chi connectivity index (χ3v) is 4.01. The van der Waals surface area contributed by atoms with Crippen molar-refractivity contribution in [2.45, 2.75) is 44.7 Å². The first-order valence-corrected chi connectivity index (χ1v) is 8.07. The van der Waals surface area contributed by atoms with Gasteiger partial charge >= 0.3 is 0 Å². The summed E-state index contributed by atoms with van der Waals surface area (Å²) in [7, 11) is 0. The number of nitrogens with one attached hydrogen (secondary N) is 2. The maximum absolute atomic E-state index is 12.2. The van der Waals surface area contributed by atoms with Crippen molar-refractivity contribution >= 4 is 17.5 Å². The van der Waals surface area contributed by atoms with Crippen LogP contribution in [0.4, 0.5) is 5.69 Å². The molecule has 1 heterocycles. The van der Waals surface area contributed by atoms with E-state index in [2.05, 4.69) is 10.6 Å². The second-order valence-corrected chi connectivity index (χ2v) is 5.95. The van der Waals surface area contributed by atoms with E-state index in [0.29, 0.717) is 39.0 Å². The fourth-order valence-electron chi connectivity index (χ4n) is 2.48. The fraction of sp³-hybridized carbons (Fsp3) is 0.529. The Hall–Kier alpha value is -1.92. The van der Waals surface area contributed by atoms with Crippen molar-refractivity contribution in [3.05, 3.63) is 29.8 Å². The van der Waals surface area contributed by atoms with Gasteiger partial charge in [-0.25, -0.2) is 0 Å². The number of hydrogen-bond acceptors (Lipinski definition) is 4. The Bertz CT molecular complexity index is 537. The summed E-state index contributed by atoms with van der Waals surface area (Å²) in [5, 5.41) is 5.72. The quantitative estimate of drug-likeness (QED) is 0.741. The molecule has 1 aromatic carbocycles. The molecule has 1 fully saturated rings. The minimum Gasteiger partial charge on any atom is -0.381 e. The van der Waals surface area contributed by atoms with Crippen LogP contribution in [0.25, 0.3) is 0 Å². The SMILES string of the molecule is CCCC(=O)Nc1ccc(CNC(=O)C2(N)CCOCC2)cc1. The topological polar surface area (TPSA) is 93.5 Å². The summed E-state index contributed by atoms with van der Waals surface area (Å²) in [5.41, 5.74) is 7.03. The smallest absolute Gasteiger partial charge is 0.240 e. The summed E-state index contributed by atoms with van der Waals surface area (Å²) in [6, 6.07) is 7.44. The average molecular weight is 319 g/mol. The zero-order valence-electron chi connectivity index (χ0n) is 13.6. The molecule has 0 aliphatic carbocycles. The van der Waals surface area contributed by atoms with Crippen LogP contribution in [0.1, 0.15) is 38.2 Å². The molecular formula is C17H25N3O3. The van der Waals surface area contributed by atoms with Gasteiger partial charge in [0, 0.05) is 31.9 Å². The molecule has 1 aliphatic rings. The monoisotopic (exact) mass is 319 g/mol. The lowest BCUT2D eigenvalue weighted by molar-refractivity contribution is -0.129. The number of rotatable bonds is 6. The molecule has 0 atom stereocenters. The molecule has 6 heteroatoms. The van der Waals surface area contributed by atoms with Crippen molar-refractivity contribution in [2.75, 3.05) is 18.5 Å². The Morgan fingerprint density at radius 3 is 2.48 bits per heavy atom. The number of hydrogen-bond donors (Lipinski definition) is 3. The van der Waals surface area contributed by atoms with Crippen molar-refractivity contribution in [3.8, 4) is 0 Å². The Labute approximate surface area is 136 Å². The van der Waals surface area contributed by atoms with Crippen molar-refractivity contribution in [1.29, 1.82) is 0 Å². The molecule has 1 aromatic rings. The summed E-state index contributed by atoms with van der Waals surface area (Å²) >= 11 is 0. The minimum atomic E-state index is -0.827. The summed E-state index contributed by atoms with van der Waals surface area (Å²) in [4.78, 5) is 23.8. The van der Waals surface area contributed by atoms with E-state index in [1.807, 2.05) is 31.2 Å². The molecule has 2 rings (SSSR count). The first-order chi connectivity index (χ1) is 11.0. The standard InChI is InChI=1S/C17H25N3O3/c1-2-3-15(21)20-14-6-4-13(5-7-14)12-19-16(22)17(18)8-10-23-11-9-17/h4-7H,2-3,8-12,18H2,1H3,(H,19,22)(H,20,21). The van der Waals surface area contributed by atoms with E-state index in [1.165, 1.54) is 0 Å². The highest BCUT2D eigenvalue weighted by atomic mass is 16.5. The van der Waals surface area contributed by atoms with Gasteiger partial charge in [-0.1, -0.05) is 19.1 Å². The summed E-state index contributed by atoms with van der Waals surface area (Å²) in [5.74, 6) is -0.126. The molecule has 126 valence electrons. The van der Waals surface area contributed by atoms with Gasteiger partial charge in [-0.05, 0) is 37.0 Å². The zero-order chi connectivity index (χ0) is 16.7. The number of ether oxygens (including phenoxy) is 1. The fourth-order valence-corrected chi connectivity index (χ4v) is 2.48. The Morgan fingerprint density at radius 1 is 1.22 bits per heavy atom. The lowest BCUT2D eigenvalue weighted by Crippen LogP contribution is -2.56. The predicted molar refractivity (Wildman–Crippen MR) is 88.8 cm³/mol. The zero-order valence-corrected chi connectivity index (χ0v) is 13.6. The first-order valence-electron chi connectivity index (χ1n) is 8.07. The van der Waals surface area contributed by atoms with Crippen molar-refractivity contribution in [2.24, 2.45) is 5.73 Å². The van der Waals surface area contributed by atoms with Gasteiger partial charge in [0.1, 0.15) is 0 Å². The van der Waals surface area contributed by atoms with E-state index in [-0.39, 0.29) is 11.8 Å². The number of nitrogens with two attached hydrogens (primary N) is 1. The maximum atomic E-state index is 12.2. The van der Waals surface area contributed by atoms with Crippen molar-refractivity contribution in [3.63, 3.8) is 0 Å². The van der Waals surface area contributed by atoms with E-state index in [9.17, 15) is 9.59 Å². The van der Waals surface area contributed by atoms with Crippen LogP contribution in [0.5, 0.6) is 0 Å². The third kappa shape index (κ3) is 5.04. The molecule has 0 aromatic heterocycles. The highest BCUT2D eigenvalue weighted by molar-refractivity contribution is 5.90. The van der Waals surface area contributed by atoms with Gasteiger partial charge in [0.05, 0.1) is 5.54 Å². The largest absolute Gasteiger partial charge is 0.381 e. The van der Waals surface area contributed by atoms with Crippen molar-refractivity contribution < 1.29 is 14.3 Å². The molecule has 0 unspecified atom stereocenters. The van der Waals surface area contributed by atoms with Crippen LogP contribution in [0, 0.1) is 0 Å². The van der Waals surface area contributed by atoms with Gasteiger partial charge in [-0.3, -0.25) is 9.59 Å². The van der Waals surface area contributed by atoms with Crippen LogP contribution in [0.15, 0.2) is 24.3 Å². The van der Waals surface area contributed by atoms with Crippen LogP contribution in [-0.4, -0.2) is 30.6 Å². The number of carbonyl (C=O) groups excluding carboxylic acids is 2. The van der Waals surface area contributed by atoms with E-state index in [1.54, 1.807) is 0 Å². The number of carbonyl (C=O) groups is 2. The highest BCUT2D eigenvalue weighted by Crippen LogP contribution is 2.18. The lowest BCUT2D eigenvalue weighted by atomic mass is 9.90. The second kappa shape index (κ2) is 8.08. The van der Waals surface area contributed by atoms with Crippen LogP contribution in [0.2, 0.25) is 0 Å². The van der Waals surface area contributed by atoms with Crippen LogP contribution < -0.4 is 16.4 Å². The normalized spacial score (nSPS) is 16.6. The first kappa shape index (κ1) is 17.4. The lowest BCUT2D eigenvalue weighted by Gasteiger charge is -2.31. The molecular weight excluding hydrogens is 294 g/mol. The van der Waals surface area contributed by atoms with Crippen molar-refractivity contribution in [1.82, 2.24) is 5.32 Å². The molecule has 0 spiro atoms. The van der Waals surface area contributed by atoms with Gasteiger partial charge in [0.2, 0.25) is 11.8 Å². The summed E-state index contributed by atoms with van der Waals surface area (Å²) in [6.07, 6.45) is 2.42. The maximum Gasteiger partial charge on any atom is 0.240 e. The van der Waals surface area contributed by atoms with E-state index < -0.39 is 5.54 Å². The molecule has 0 bridgehead atoms. The Morgan fingerprint density at radius 2 is 1.87 bits per heavy atom. The third-order valence-electron chi connectivity index (χ3n) is 4.01. The highest BCUT2D eigenvalue weighted by Gasteiger charge is 2.35. The second-order valence-electron chi connectivity index (χ2n) is 5.95. The van der Waals surface area contributed by atoms with Gasteiger partial charge in [0.15, 0.2) is 0 Å². The van der Waals surface area contributed by atoms with Gasteiger partial charge in [-0.2, -0.15) is 0 Å². The predicted octanol–water partition coefficient (Wildman–Crippen LogP) is 1.55. The van der Waals surface area contributed by atoms with Gasteiger partial charge in [0.25, 0.3) is 0 Å². The van der Waals surface area contributed by atoms with Crippen LogP contribution >= 0.6 is 0 Å². The molecule has 23 heavy (non-hydrogen) atoms. The van der Waals surface area contributed by atoms with Gasteiger partial charge in [-0.15, -0.1) is 0 Å². The molecule has 1 saturated heterocycles. The van der Waals surface area contributed by atoms with E-state index in [0.717, 1.165) is 17.7 Å². The molecule has 0 radical (unpaired) electrons. The Kier molecular flexibility index (Phi) is 6.12. The van der Waals surface area contributed by atoms with Gasteiger partial charge < -0.3 is 21.1 Å². The average Bonchev–Trinajstić information content (AvgIpc) is 2.55. The van der Waals surface area contributed by atoms with Crippen LogP contribution in [0.3, 0.4) is 0 Å². The summed E-state index contributed by atoms with van der Waals surface area (Å²) in [6.45, 7) is 3.43. The molecule has 1 aliphatic heterocycles. The Balaban J connectivity index is 1.84. The summed E-state index contributed by atoms with van der Waals surface area (Å²) < 4.78 is 5.25. The molecule has 6 nitrogen and oxygen atoms in total. The van der Waals surface area contributed by atoms with E-state index >= 15 is 0 Å². The molecule has 4 N–H and O–H groups in total. The number of amides is 2.